The van der Waals surface area contributed by atoms with Crippen molar-refractivity contribution in [3.05, 3.63) is 0 Å². The molecule has 0 aliphatic carbocycles. The molecule has 0 heterocycles. The second-order valence-corrected chi connectivity index (χ2v) is 13.3. The Labute approximate surface area is 70.9 Å². The first kappa shape index (κ1) is 10.9. The van der Waals surface area contributed by atoms with Crippen molar-refractivity contribution in [3.8, 4) is 0 Å². The fourth-order valence-corrected chi connectivity index (χ4v) is 4.64. The fraction of sp³-hybridized carbons (Fsp3) is 0.833. The van der Waals surface area contributed by atoms with Crippen LogP contribution in [-0.4, -0.2) is 29.7 Å². The van der Waals surface area contributed by atoms with Crippen molar-refractivity contribution in [2.75, 3.05) is 6.61 Å². The van der Waals surface area contributed by atoms with Crippen molar-refractivity contribution in [3.63, 3.8) is 0 Å². The Morgan fingerprint density at radius 2 is 2.09 bits per heavy atom. The van der Waals surface area contributed by atoms with Gasteiger partial charge in [-0.2, -0.15) is 0 Å². The number of rotatable bonds is 4. The average molecular weight is 192 g/mol. The standard InChI is InChI=1S/C6H16O3Si2/c1-5-8-11(3,4)10-9-6(2)7/h5,10H2,1-4H3. The number of hydrogen-bond acceptors (Lipinski definition) is 3. The monoisotopic (exact) mass is 192 g/mol. The Morgan fingerprint density at radius 3 is 2.45 bits per heavy atom. The maximum Gasteiger partial charge on any atom is 0.288 e. The van der Waals surface area contributed by atoms with Gasteiger partial charge < -0.3 is 8.85 Å². The lowest BCUT2D eigenvalue weighted by Crippen LogP contribution is -2.40. The van der Waals surface area contributed by atoms with E-state index in [-0.39, 0.29) is 5.97 Å². The van der Waals surface area contributed by atoms with Gasteiger partial charge in [0.05, 0.1) is 0 Å². The molecule has 0 radical (unpaired) electrons. The van der Waals surface area contributed by atoms with Crippen LogP contribution in [0.15, 0.2) is 0 Å². The summed E-state index contributed by atoms with van der Waals surface area (Å²) < 4.78 is 10.5. The van der Waals surface area contributed by atoms with Crippen LogP contribution in [0.3, 0.4) is 0 Å². The molecule has 11 heavy (non-hydrogen) atoms. The summed E-state index contributed by atoms with van der Waals surface area (Å²) in [5.41, 5.74) is 0. The highest BCUT2D eigenvalue weighted by atomic mass is 29.2. The van der Waals surface area contributed by atoms with Crippen LogP contribution in [0.5, 0.6) is 0 Å². The van der Waals surface area contributed by atoms with Gasteiger partial charge in [-0.05, 0) is 20.0 Å². The van der Waals surface area contributed by atoms with Crippen molar-refractivity contribution in [1.82, 2.24) is 0 Å². The largest absolute Gasteiger partial charge is 0.526 e. The zero-order valence-electron chi connectivity index (χ0n) is 7.64. The van der Waals surface area contributed by atoms with E-state index in [1.807, 2.05) is 6.92 Å². The highest BCUT2D eigenvalue weighted by Gasteiger charge is 2.24. The molecule has 0 atom stereocenters. The molecule has 0 aliphatic heterocycles. The molecule has 66 valence electrons. The van der Waals surface area contributed by atoms with Crippen molar-refractivity contribution in [2.24, 2.45) is 0 Å². The van der Waals surface area contributed by atoms with Gasteiger partial charge in [-0.1, -0.05) is 0 Å². The van der Waals surface area contributed by atoms with Crippen LogP contribution in [0.2, 0.25) is 13.1 Å². The summed E-state index contributed by atoms with van der Waals surface area (Å²) in [7, 11) is -2.32. The highest BCUT2D eigenvalue weighted by molar-refractivity contribution is 7.18. The third kappa shape index (κ3) is 6.27. The van der Waals surface area contributed by atoms with Crippen molar-refractivity contribution in [2.45, 2.75) is 26.9 Å². The van der Waals surface area contributed by atoms with Crippen LogP contribution in [0.25, 0.3) is 0 Å². The van der Waals surface area contributed by atoms with E-state index in [0.29, 0.717) is 0 Å². The van der Waals surface area contributed by atoms with Crippen molar-refractivity contribution in [1.29, 1.82) is 0 Å². The molecule has 0 bridgehead atoms. The molecule has 0 aromatic carbocycles. The second-order valence-electron chi connectivity index (χ2n) is 2.97. The van der Waals surface area contributed by atoms with E-state index in [4.69, 9.17) is 8.85 Å². The van der Waals surface area contributed by atoms with Gasteiger partial charge in [0.2, 0.25) is 17.1 Å². The SMILES string of the molecule is CCO[Si](C)(C)[SiH2]OC(C)=O. The van der Waals surface area contributed by atoms with E-state index in [9.17, 15) is 4.79 Å². The molecule has 0 spiro atoms. The minimum Gasteiger partial charge on any atom is -0.526 e. The quantitative estimate of drug-likeness (QED) is 0.604. The maximum atomic E-state index is 10.5. The molecule has 0 aromatic rings. The Morgan fingerprint density at radius 1 is 1.55 bits per heavy atom. The molecule has 0 saturated carbocycles. The molecule has 0 saturated heterocycles. The zero-order valence-corrected chi connectivity index (χ0v) is 10.1. The Bertz CT molecular complexity index is 136. The van der Waals surface area contributed by atoms with E-state index in [1.165, 1.54) is 6.92 Å². The van der Waals surface area contributed by atoms with E-state index >= 15 is 0 Å². The molecular weight excluding hydrogens is 176 g/mol. The zero-order chi connectivity index (χ0) is 8.91. The van der Waals surface area contributed by atoms with Gasteiger partial charge in [-0.15, -0.1) is 0 Å². The molecule has 0 fully saturated rings. The van der Waals surface area contributed by atoms with Gasteiger partial charge in [0.25, 0.3) is 5.97 Å². The number of hydrogen-bond donors (Lipinski definition) is 0. The molecule has 0 N–H and O–H groups in total. The summed E-state index contributed by atoms with van der Waals surface area (Å²) in [5.74, 6) is -0.169. The lowest BCUT2D eigenvalue weighted by atomic mass is 10.9. The Balaban J connectivity index is 3.63. The first-order valence-electron chi connectivity index (χ1n) is 3.75. The molecular formula is C6H16O3Si2. The Kier molecular flexibility index (Phi) is 4.63. The van der Waals surface area contributed by atoms with Crippen LogP contribution < -0.4 is 0 Å². The summed E-state index contributed by atoms with van der Waals surface area (Å²) in [6.07, 6.45) is 0. The summed E-state index contributed by atoms with van der Waals surface area (Å²) >= 11 is 0. The van der Waals surface area contributed by atoms with Gasteiger partial charge in [-0.25, -0.2) is 0 Å². The first-order chi connectivity index (χ1) is 4.98. The molecule has 0 aliphatic rings. The van der Waals surface area contributed by atoms with Crippen LogP contribution in [-0.2, 0) is 13.6 Å². The lowest BCUT2D eigenvalue weighted by molar-refractivity contribution is -0.131. The smallest absolute Gasteiger partial charge is 0.288 e. The van der Waals surface area contributed by atoms with Gasteiger partial charge in [-0.3, -0.25) is 4.79 Å². The topological polar surface area (TPSA) is 35.5 Å². The fourth-order valence-electron chi connectivity index (χ4n) is 0.708. The third-order valence-electron chi connectivity index (χ3n) is 1.16. The first-order valence-corrected chi connectivity index (χ1v) is 9.56. The molecule has 0 rings (SSSR count). The van der Waals surface area contributed by atoms with Crippen molar-refractivity contribution < 1.29 is 13.6 Å². The summed E-state index contributed by atoms with van der Waals surface area (Å²) in [6, 6.07) is 0. The van der Waals surface area contributed by atoms with E-state index in [0.717, 1.165) is 6.61 Å². The van der Waals surface area contributed by atoms with Crippen LogP contribution >= 0.6 is 0 Å². The normalized spacial score (nSPS) is 12.4. The van der Waals surface area contributed by atoms with Gasteiger partial charge in [0.15, 0.2) is 0 Å². The van der Waals surface area contributed by atoms with Crippen LogP contribution in [0.4, 0.5) is 0 Å². The lowest BCUT2D eigenvalue weighted by Gasteiger charge is -2.19. The predicted molar refractivity (Wildman–Crippen MR) is 49.4 cm³/mol. The molecule has 0 aromatic heterocycles. The minimum atomic E-state index is -1.57. The predicted octanol–water partition coefficient (Wildman–Crippen LogP) is 0.372. The highest BCUT2D eigenvalue weighted by Crippen LogP contribution is 2.01. The van der Waals surface area contributed by atoms with Crippen LogP contribution in [0, 0.1) is 0 Å². The van der Waals surface area contributed by atoms with Gasteiger partial charge in [0.1, 0.15) is 0 Å². The minimum absolute atomic E-state index is 0.169. The summed E-state index contributed by atoms with van der Waals surface area (Å²) in [5, 5.41) is 0. The summed E-state index contributed by atoms with van der Waals surface area (Å²) in [4.78, 5) is 10.5. The molecule has 3 nitrogen and oxygen atoms in total. The maximum absolute atomic E-state index is 10.5. The van der Waals surface area contributed by atoms with E-state index in [1.54, 1.807) is 0 Å². The second kappa shape index (κ2) is 4.68. The average Bonchev–Trinajstić information content (AvgIpc) is 1.84. The van der Waals surface area contributed by atoms with Crippen molar-refractivity contribution >= 4 is 23.1 Å². The number of carbonyl (C=O) groups excluding carboxylic acids is 1. The van der Waals surface area contributed by atoms with Gasteiger partial charge in [0, 0.05) is 13.5 Å². The number of carbonyl (C=O) groups is 1. The van der Waals surface area contributed by atoms with E-state index in [2.05, 4.69) is 13.1 Å². The Hall–Kier alpha value is -0.136. The molecule has 5 heteroatoms. The molecule has 0 unspecified atom stereocenters. The van der Waals surface area contributed by atoms with Gasteiger partial charge >= 0.3 is 0 Å². The van der Waals surface area contributed by atoms with Crippen LogP contribution in [0.1, 0.15) is 13.8 Å². The van der Waals surface area contributed by atoms with E-state index < -0.39 is 17.1 Å². The summed E-state index contributed by atoms with van der Waals surface area (Å²) in [6.45, 7) is 8.32. The molecule has 0 amide bonds. The third-order valence-corrected chi connectivity index (χ3v) is 6.61.